The molecule has 2 aliphatic carbocycles. The Kier molecular flexibility index (Phi) is 1.26. The molecule has 0 aromatic rings. The van der Waals surface area contributed by atoms with E-state index >= 15 is 0 Å². The van der Waals surface area contributed by atoms with Crippen LogP contribution in [0.25, 0.3) is 0 Å². The van der Waals surface area contributed by atoms with Gasteiger partial charge in [0, 0.05) is 0 Å². The first-order valence-corrected chi connectivity index (χ1v) is 4.67. The fraction of sp³-hybridized carbons (Fsp3) is 1.00. The highest BCUT2D eigenvalue weighted by Crippen LogP contribution is 2.61. The summed E-state index contributed by atoms with van der Waals surface area (Å²) in [5.74, 6) is 1.34. The van der Waals surface area contributed by atoms with Crippen LogP contribution in [0.5, 0.6) is 0 Å². The summed E-state index contributed by atoms with van der Waals surface area (Å²) in [4.78, 5) is 0. The van der Waals surface area contributed by atoms with Crippen molar-refractivity contribution in [1.29, 1.82) is 0 Å². The van der Waals surface area contributed by atoms with Gasteiger partial charge < -0.3 is 5.11 Å². The van der Waals surface area contributed by atoms with E-state index in [1.165, 1.54) is 12.8 Å². The second-order valence-electron chi connectivity index (χ2n) is 5.21. The second-order valence-corrected chi connectivity index (χ2v) is 5.21. The van der Waals surface area contributed by atoms with Crippen molar-refractivity contribution >= 4 is 0 Å². The summed E-state index contributed by atoms with van der Waals surface area (Å²) < 4.78 is 0. The Morgan fingerprint density at radius 2 is 1.82 bits per heavy atom. The van der Waals surface area contributed by atoms with E-state index in [4.69, 9.17) is 0 Å². The van der Waals surface area contributed by atoms with Gasteiger partial charge in [0.25, 0.3) is 0 Å². The molecule has 64 valence electrons. The summed E-state index contributed by atoms with van der Waals surface area (Å²) in [6.07, 6.45) is 3.61. The van der Waals surface area contributed by atoms with Crippen molar-refractivity contribution in [2.24, 2.45) is 17.3 Å². The van der Waals surface area contributed by atoms with Crippen LogP contribution < -0.4 is 0 Å². The minimum Gasteiger partial charge on any atom is -0.390 e. The molecular formula is C10H18O. The highest BCUT2D eigenvalue weighted by Gasteiger charge is 2.58. The Bertz CT molecular complexity index is 181. The Morgan fingerprint density at radius 3 is 2.00 bits per heavy atom. The lowest BCUT2D eigenvalue weighted by atomic mass is 9.79. The quantitative estimate of drug-likeness (QED) is 0.567. The fourth-order valence-corrected chi connectivity index (χ4v) is 3.51. The van der Waals surface area contributed by atoms with Gasteiger partial charge in [0.15, 0.2) is 0 Å². The van der Waals surface area contributed by atoms with Crippen LogP contribution in [0.15, 0.2) is 0 Å². The molecule has 2 aliphatic rings. The molecule has 1 N–H and O–H groups in total. The van der Waals surface area contributed by atoms with Crippen LogP contribution in [-0.4, -0.2) is 10.7 Å². The van der Waals surface area contributed by atoms with Gasteiger partial charge in [0.2, 0.25) is 0 Å². The maximum absolute atomic E-state index is 10.0. The van der Waals surface area contributed by atoms with E-state index < -0.39 is 0 Å². The van der Waals surface area contributed by atoms with Crippen LogP contribution >= 0.6 is 0 Å². The van der Waals surface area contributed by atoms with Crippen molar-refractivity contribution in [3.05, 3.63) is 0 Å². The van der Waals surface area contributed by atoms with Crippen molar-refractivity contribution in [1.82, 2.24) is 0 Å². The van der Waals surface area contributed by atoms with Crippen molar-refractivity contribution in [2.75, 3.05) is 0 Å². The Morgan fingerprint density at radius 1 is 1.18 bits per heavy atom. The van der Waals surface area contributed by atoms with Gasteiger partial charge in [0.1, 0.15) is 0 Å². The molecule has 0 radical (unpaired) electrons. The summed E-state index contributed by atoms with van der Waals surface area (Å²) in [5, 5.41) is 10.0. The third-order valence-electron chi connectivity index (χ3n) is 4.16. The SMILES string of the molecule is CC1(O)C[C@@H]2CC[C@H]1C2(C)C. The largest absolute Gasteiger partial charge is 0.390 e. The molecule has 0 saturated heterocycles. The standard InChI is InChI=1S/C10H18O/c1-9(2)7-4-5-8(9)10(3,11)6-7/h7-8,11H,4-6H2,1-3H3/t7-,8-,10?/m0/s1. The normalized spacial score (nSPS) is 53.5. The molecule has 0 aromatic carbocycles. The van der Waals surface area contributed by atoms with Gasteiger partial charge in [-0.15, -0.1) is 0 Å². The van der Waals surface area contributed by atoms with E-state index in [0.717, 1.165) is 12.3 Å². The van der Waals surface area contributed by atoms with Crippen LogP contribution in [0.4, 0.5) is 0 Å². The first kappa shape index (κ1) is 7.60. The maximum Gasteiger partial charge on any atom is 0.0655 e. The molecule has 1 unspecified atom stereocenters. The van der Waals surface area contributed by atoms with Crippen LogP contribution in [-0.2, 0) is 0 Å². The van der Waals surface area contributed by atoms with E-state index in [-0.39, 0.29) is 5.60 Å². The third-order valence-corrected chi connectivity index (χ3v) is 4.16. The number of fused-ring (bicyclic) bond motifs is 2. The van der Waals surface area contributed by atoms with Crippen molar-refractivity contribution < 1.29 is 5.11 Å². The molecule has 2 saturated carbocycles. The zero-order chi connectivity index (χ0) is 8.28. The molecule has 0 spiro atoms. The van der Waals surface area contributed by atoms with Gasteiger partial charge >= 0.3 is 0 Å². The Balaban J connectivity index is 2.33. The van der Waals surface area contributed by atoms with E-state index in [1.807, 2.05) is 6.92 Å². The van der Waals surface area contributed by atoms with Crippen LogP contribution in [0.3, 0.4) is 0 Å². The van der Waals surface area contributed by atoms with Crippen LogP contribution in [0.1, 0.15) is 40.0 Å². The Labute approximate surface area is 68.8 Å². The van der Waals surface area contributed by atoms with Crippen molar-refractivity contribution in [3.8, 4) is 0 Å². The predicted molar refractivity (Wildman–Crippen MR) is 45.2 cm³/mol. The van der Waals surface area contributed by atoms with Gasteiger partial charge in [-0.1, -0.05) is 13.8 Å². The number of hydrogen-bond acceptors (Lipinski definition) is 1. The first-order valence-electron chi connectivity index (χ1n) is 4.67. The lowest BCUT2D eigenvalue weighted by Crippen LogP contribution is -2.33. The van der Waals surface area contributed by atoms with E-state index in [0.29, 0.717) is 11.3 Å². The van der Waals surface area contributed by atoms with E-state index in [2.05, 4.69) is 13.8 Å². The predicted octanol–water partition coefficient (Wildman–Crippen LogP) is 2.19. The molecule has 2 fully saturated rings. The van der Waals surface area contributed by atoms with E-state index in [1.54, 1.807) is 0 Å². The summed E-state index contributed by atoms with van der Waals surface area (Å²) in [6, 6.07) is 0. The lowest BCUT2D eigenvalue weighted by molar-refractivity contribution is -0.00792. The molecule has 11 heavy (non-hydrogen) atoms. The summed E-state index contributed by atoms with van der Waals surface area (Å²) in [7, 11) is 0. The zero-order valence-electron chi connectivity index (χ0n) is 7.72. The summed E-state index contributed by atoms with van der Waals surface area (Å²) >= 11 is 0. The minimum atomic E-state index is -0.355. The van der Waals surface area contributed by atoms with Crippen molar-refractivity contribution in [3.63, 3.8) is 0 Å². The molecule has 0 amide bonds. The van der Waals surface area contributed by atoms with Crippen molar-refractivity contribution in [2.45, 2.75) is 45.6 Å². The molecule has 2 bridgehead atoms. The topological polar surface area (TPSA) is 20.2 Å². The third kappa shape index (κ3) is 0.807. The number of aliphatic hydroxyl groups is 1. The molecule has 0 aromatic heterocycles. The average molecular weight is 154 g/mol. The highest BCUT2D eigenvalue weighted by molar-refractivity contribution is 5.08. The van der Waals surface area contributed by atoms with Crippen LogP contribution in [0.2, 0.25) is 0 Å². The fourth-order valence-electron chi connectivity index (χ4n) is 3.51. The lowest BCUT2D eigenvalue weighted by Gasteiger charge is -2.31. The first-order chi connectivity index (χ1) is 4.94. The van der Waals surface area contributed by atoms with Gasteiger partial charge in [-0.05, 0) is 43.4 Å². The smallest absolute Gasteiger partial charge is 0.0655 e. The average Bonchev–Trinajstić information content (AvgIpc) is 2.15. The van der Waals surface area contributed by atoms with E-state index in [9.17, 15) is 5.11 Å². The van der Waals surface area contributed by atoms with Gasteiger partial charge in [-0.2, -0.15) is 0 Å². The Hall–Kier alpha value is -0.0400. The molecule has 1 heteroatoms. The molecule has 0 aliphatic heterocycles. The second kappa shape index (κ2) is 1.82. The number of hydrogen-bond donors (Lipinski definition) is 1. The molecule has 1 nitrogen and oxygen atoms in total. The molecule has 2 rings (SSSR count). The zero-order valence-corrected chi connectivity index (χ0v) is 7.72. The summed E-state index contributed by atoms with van der Waals surface area (Å²) in [5.41, 5.74) is 0.0515. The minimum absolute atomic E-state index is 0.355. The number of rotatable bonds is 0. The highest BCUT2D eigenvalue weighted by atomic mass is 16.3. The summed E-state index contributed by atoms with van der Waals surface area (Å²) in [6.45, 7) is 6.65. The van der Waals surface area contributed by atoms with Gasteiger partial charge in [-0.3, -0.25) is 0 Å². The van der Waals surface area contributed by atoms with Crippen LogP contribution in [0, 0.1) is 17.3 Å². The maximum atomic E-state index is 10.0. The molecule has 0 heterocycles. The molecular weight excluding hydrogens is 136 g/mol. The van der Waals surface area contributed by atoms with Gasteiger partial charge in [0.05, 0.1) is 5.60 Å². The monoisotopic (exact) mass is 154 g/mol. The van der Waals surface area contributed by atoms with Gasteiger partial charge in [-0.25, -0.2) is 0 Å². The molecule has 3 atom stereocenters.